The fourth-order valence-corrected chi connectivity index (χ4v) is 1.63. The topological polar surface area (TPSA) is 98.9 Å². The normalized spacial score (nSPS) is 31.4. The van der Waals surface area contributed by atoms with Gasteiger partial charge in [0.15, 0.2) is 0 Å². The largest absolute Gasteiger partial charge is 0.479 e. The minimum atomic E-state index is -1.72. The van der Waals surface area contributed by atoms with Crippen molar-refractivity contribution in [2.75, 3.05) is 7.11 Å². The predicted octanol–water partition coefficient (Wildman–Crippen LogP) is 0.217. The Morgan fingerprint density at radius 3 is 2.71 bits per heavy atom. The number of rotatable bonds is 4. The molecule has 1 fully saturated rings. The number of hydrogen-bond donors (Lipinski definition) is 1. The molecule has 0 aliphatic heterocycles. The van der Waals surface area contributed by atoms with Gasteiger partial charge in [-0.2, -0.15) is 0 Å². The molecule has 7 nitrogen and oxygen atoms in total. The van der Waals surface area contributed by atoms with Crippen LogP contribution in [0.25, 0.3) is 0 Å². The molecule has 0 spiro atoms. The minimum Gasteiger partial charge on any atom is -0.479 e. The third-order valence-corrected chi connectivity index (χ3v) is 2.40. The van der Waals surface area contributed by atoms with Crippen LogP contribution < -0.4 is 0 Å². The molecule has 1 rings (SSSR count). The SMILES string of the molecule is CO[C@H]1CC[C@](O[N+](=O)[O-])(C(=O)O)C1. The lowest BCUT2D eigenvalue weighted by Gasteiger charge is -2.20. The summed E-state index contributed by atoms with van der Waals surface area (Å²) in [6.07, 6.45) is 0.282. The maximum absolute atomic E-state index is 10.8. The lowest BCUT2D eigenvalue weighted by Crippen LogP contribution is -2.41. The van der Waals surface area contributed by atoms with Crippen LogP contribution in [0.5, 0.6) is 0 Å². The van der Waals surface area contributed by atoms with E-state index in [1.165, 1.54) is 7.11 Å². The smallest absolute Gasteiger partial charge is 0.336 e. The molecule has 0 radical (unpaired) electrons. The fourth-order valence-electron chi connectivity index (χ4n) is 1.63. The summed E-state index contributed by atoms with van der Waals surface area (Å²) in [5.41, 5.74) is -1.72. The second-order valence-electron chi connectivity index (χ2n) is 3.21. The van der Waals surface area contributed by atoms with E-state index >= 15 is 0 Å². The lowest BCUT2D eigenvalue weighted by molar-refractivity contribution is -0.776. The molecule has 1 N–H and O–H groups in total. The van der Waals surface area contributed by atoms with Gasteiger partial charge >= 0.3 is 5.97 Å². The highest BCUT2D eigenvalue weighted by molar-refractivity contribution is 5.77. The average Bonchev–Trinajstić information content (AvgIpc) is 2.48. The van der Waals surface area contributed by atoms with Gasteiger partial charge in [0.05, 0.1) is 6.10 Å². The van der Waals surface area contributed by atoms with Gasteiger partial charge in [0.25, 0.3) is 5.09 Å². The molecule has 7 heteroatoms. The molecule has 0 amide bonds. The molecule has 0 saturated heterocycles. The van der Waals surface area contributed by atoms with Crippen LogP contribution in [0.2, 0.25) is 0 Å². The van der Waals surface area contributed by atoms with Crippen LogP contribution in [0.1, 0.15) is 19.3 Å². The van der Waals surface area contributed by atoms with E-state index in [2.05, 4.69) is 4.84 Å². The molecular weight excluding hydrogens is 194 g/mol. The first-order chi connectivity index (χ1) is 6.50. The van der Waals surface area contributed by atoms with Gasteiger partial charge in [-0.3, -0.25) is 4.84 Å². The maximum atomic E-state index is 10.8. The molecule has 0 heterocycles. The Kier molecular flexibility index (Phi) is 2.90. The van der Waals surface area contributed by atoms with E-state index in [1.54, 1.807) is 0 Å². The van der Waals surface area contributed by atoms with E-state index < -0.39 is 16.7 Å². The third kappa shape index (κ3) is 1.92. The van der Waals surface area contributed by atoms with Crippen LogP contribution in [0.4, 0.5) is 0 Å². The Labute approximate surface area is 79.7 Å². The summed E-state index contributed by atoms with van der Waals surface area (Å²) in [5, 5.41) is 17.9. The van der Waals surface area contributed by atoms with E-state index in [9.17, 15) is 14.9 Å². The molecule has 2 atom stereocenters. The molecule has 0 aromatic heterocycles. The number of carboxylic acid groups (broad SMARTS) is 1. The van der Waals surface area contributed by atoms with Gasteiger partial charge in [0, 0.05) is 13.5 Å². The van der Waals surface area contributed by atoms with Crippen LogP contribution in [-0.4, -0.2) is 35.0 Å². The summed E-state index contributed by atoms with van der Waals surface area (Å²) in [4.78, 5) is 25.2. The highest BCUT2D eigenvalue weighted by atomic mass is 17.0. The second-order valence-corrected chi connectivity index (χ2v) is 3.21. The van der Waals surface area contributed by atoms with Gasteiger partial charge in [0.1, 0.15) is 0 Å². The van der Waals surface area contributed by atoms with Crippen molar-refractivity contribution in [3.63, 3.8) is 0 Å². The molecule has 0 aromatic carbocycles. The quantitative estimate of drug-likeness (QED) is 0.520. The van der Waals surface area contributed by atoms with Crippen molar-refractivity contribution in [3.05, 3.63) is 10.1 Å². The molecule has 1 saturated carbocycles. The molecule has 0 aromatic rings. The first-order valence-corrected chi connectivity index (χ1v) is 4.10. The van der Waals surface area contributed by atoms with Crippen LogP contribution >= 0.6 is 0 Å². The zero-order chi connectivity index (χ0) is 10.8. The standard InChI is InChI=1S/C7H11NO6/c1-13-5-2-3-7(4-5,6(9)10)14-8(11)12/h5H,2-4H2,1H3,(H,9,10)/t5-,7+/m0/s1. The number of carbonyl (C=O) groups is 1. The summed E-state index contributed by atoms with van der Waals surface area (Å²) in [6.45, 7) is 0. The molecule has 14 heavy (non-hydrogen) atoms. The first-order valence-electron chi connectivity index (χ1n) is 4.10. The summed E-state index contributed by atoms with van der Waals surface area (Å²) in [5.74, 6) is -1.31. The molecule has 0 unspecified atom stereocenters. The monoisotopic (exact) mass is 205 g/mol. The molecule has 80 valence electrons. The highest BCUT2D eigenvalue weighted by Gasteiger charge is 2.49. The van der Waals surface area contributed by atoms with Crippen LogP contribution in [0.3, 0.4) is 0 Å². The van der Waals surface area contributed by atoms with Crippen LogP contribution in [-0.2, 0) is 14.4 Å². The molecule has 1 aliphatic carbocycles. The van der Waals surface area contributed by atoms with Crippen molar-refractivity contribution in [2.45, 2.75) is 31.0 Å². The molecular formula is C7H11NO6. The zero-order valence-electron chi connectivity index (χ0n) is 7.63. The van der Waals surface area contributed by atoms with Crippen molar-refractivity contribution >= 4 is 5.97 Å². The van der Waals surface area contributed by atoms with E-state index in [-0.39, 0.29) is 18.9 Å². The maximum Gasteiger partial charge on any atom is 0.336 e. The number of hydrogen-bond acceptors (Lipinski definition) is 5. The van der Waals surface area contributed by atoms with Gasteiger partial charge < -0.3 is 9.84 Å². The van der Waals surface area contributed by atoms with Crippen LogP contribution in [0.15, 0.2) is 0 Å². The van der Waals surface area contributed by atoms with Gasteiger partial charge in [-0.25, -0.2) is 4.79 Å². The lowest BCUT2D eigenvalue weighted by atomic mass is 10.0. The summed E-state index contributed by atoms with van der Waals surface area (Å²) in [6, 6.07) is 0. The van der Waals surface area contributed by atoms with E-state index in [0.29, 0.717) is 6.42 Å². The van der Waals surface area contributed by atoms with E-state index in [4.69, 9.17) is 9.84 Å². The summed E-state index contributed by atoms with van der Waals surface area (Å²) >= 11 is 0. The highest BCUT2D eigenvalue weighted by Crippen LogP contribution is 2.35. The number of methoxy groups -OCH3 is 1. The van der Waals surface area contributed by atoms with E-state index in [0.717, 1.165) is 0 Å². The zero-order valence-corrected chi connectivity index (χ0v) is 7.63. The fraction of sp³-hybridized carbons (Fsp3) is 0.857. The van der Waals surface area contributed by atoms with Gasteiger partial charge in [-0.15, -0.1) is 10.1 Å². The molecule has 0 bridgehead atoms. The Balaban J connectivity index is 2.75. The van der Waals surface area contributed by atoms with Crippen molar-refractivity contribution < 1.29 is 24.6 Å². The number of carboxylic acids is 1. The van der Waals surface area contributed by atoms with Crippen molar-refractivity contribution in [3.8, 4) is 0 Å². The summed E-state index contributed by atoms with van der Waals surface area (Å²) < 4.78 is 4.93. The van der Waals surface area contributed by atoms with Crippen LogP contribution in [0, 0.1) is 10.1 Å². The number of ether oxygens (including phenoxy) is 1. The van der Waals surface area contributed by atoms with E-state index in [1.807, 2.05) is 0 Å². The Bertz CT molecular complexity index is 255. The van der Waals surface area contributed by atoms with Gasteiger partial charge in [0.2, 0.25) is 5.60 Å². The first kappa shape index (κ1) is 10.7. The van der Waals surface area contributed by atoms with Crippen molar-refractivity contribution in [1.29, 1.82) is 0 Å². The molecule has 1 aliphatic rings. The summed E-state index contributed by atoms with van der Waals surface area (Å²) in [7, 11) is 1.44. The predicted molar refractivity (Wildman–Crippen MR) is 43.1 cm³/mol. The van der Waals surface area contributed by atoms with Gasteiger partial charge in [-0.05, 0) is 12.8 Å². The van der Waals surface area contributed by atoms with Crippen molar-refractivity contribution in [2.24, 2.45) is 0 Å². The third-order valence-electron chi connectivity index (χ3n) is 2.40. The number of aliphatic carboxylic acids is 1. The Morgan fingerprint density at radius 2 is 2.36 bits per heavy atom. The second kappa shape index (κ2) is 3.79. The number of nitrogens with zero attached hydrogens (tertiary/aromatic N) is 1. The minimum absolute atomic E-state index is 0.0137. The van der Waals surface area contributed by atoms with Crippen molar-refractivity contribution in [1.82, 2.24) is 0 Å². The van der Waals surface area contributed by atoms with Gasteiger partial charge in [-0.1, -0.05) is 0 Å². The Hall–Kier alpha value is -1.37. The Morgan fingerprint density at radius 1 is 1.71 bits per heavy atom. The average molecular weight is 205 g/mol.